The fourth-order valence-corrected chi connectivity index (χ4v) is 1.75. The van der Waals surface area contributed by atoms with E-state index in [1.807, 2.05) is 19.1 Å². The van der Waals surface area contributed by atoms with Crippen LogP contribution in [0.25, 0.3) is 0 Å². The second-order valence-corrected chi connectivity index (χ2v) is 4.66. The Morgan fingerprint density at radius 2 is 1.50 bits per heavy atom. The molecule has 0 spiro atoms. The van der Waals surface area contributed by atoms with Gasteiger partial charge in [0.15, 0.2) is 0 Å². The summed E-state index contributed by atoms with van der Waals surface area (Å²) in [5.41, 5.74) is 2.04. The van der Waals surface area contributed by atoms with Crippen LogP contribution in [-0.4, -0.2) is 11.8 Å². The molecule has 0 aliphatic carbocycles. The lowest BCUT2D eigenvalue weighted by molar-refractivity contribution is -0.132. The van der Waals surface area contributed by atoms with Gasteiger partial charge < -0.3 is 10.6 Å². The first-order chi connectivity index (χ1) is 9.56. The van der Waals surface area contributed by atoms with Crippen LogP contribution in [0.2, 0.25) is 5.02 Å². The lowest BCUT2D eigenvalue weighted by atomic mass is 10.2. The molecule has 2 rings (SSSR count). The highest BCUT2D eigenvalue weighted by atomic mass is 35.5. The maximum Gasteiger partial charge on any atom is 0.314 e. The maximum atomic E-state index is 11.8. The summed E-state index contributed by atoms with van der Waals surface area (Å²) in [4.78, 5) is 23.5. The van der Waals surface area contributed by atoms with Crippen LogP contribution in [0.15, 0.2) is 48.5 Å². The van der Waals surface area contributed by atoms with E-state index in [-0.39, 0.29) is 0 Å². The monoisotopic (exact) mass is 288 g/mol. The molecule has 0 aromatic heterocycles. The molecule has 2 aromatic carbocycles. The van der Waals surface area contributed by atoms with Crippen molar-refractivity contribution in [1.29, 1.82) is 0 Å². The van der Waals surface area contributed by atoms with Gasteiger partial charge in [0.05, 0.1) is 10.7 Å². The standard InChI is InChI=1S/C15H13ClN2O2/c1-10-6-8-11(9-7-10)17-14(19)15(20)18-13-5-3-2-4-12(13)16/h2-9H,1H3,(H,17,19)(H,18,20). The smallest absolute Gasteiger partial charge is 0.314 e. The quantitative estimate of drug-likeness (QED) is 0.834. The fourth-order valence-electron chi connectivity index (χ4n) is 1.57. The molecule has 0 unspecified atom stereocenters. The Kier molecular flexibility index (Phi) is 4.38. The Morgan fingerprint density at radius 3 is 2.15 bits per heavy atom. The second-order valence-electron chi connectivity index (χ2n) is 4.25. The molecular formula is C15H13ClN2O2. The topological polar surface area (TPSA) is 58.2 Å². The average Bonchev–Trinajstić information content (AvgIpc) is 2.44. The molecule has 2 N–H and O–H groups in total. The zero-order chi connectivity index (χ0) is 14.5. The Morgan fingerprint density at radius 1 is 0.900 bits per heavy atom. The van der Waals surface area contributed by atoms with Crippen LogP contribution in [0.1, 0.15) is 5.56 Å². The molecule has 2 aromatic rings. The minimum atomic E-state index is -0.765. The number of hydrogen-bond donors (Lipinski definition) is 2. The third-order valence-corrected chi connectivity index (χ3v) is 2.97. The molecule has 5 heteroatoms. The molecule has 0 radical (unpaired) electrons. The van der Waals surface area contributed by atoms with Gasteiger partial charge in [0.25, 0.3) is 0 Å². The van der Waals surface area contributed by atoms with Gasteiger partial charge in [-0.15, -0.1) is 0 Å². The summed E-state index contributed by atoms with van der Waals surface area (Å²) in [5, 5.41) is 5.35. The molecule has 20 heavy (non-hydrogen) atoms. The highest BCUT2D eigenvalue weighted by molar-refractivity contribution is 6.44. The lowest BCUT2D eigenvalue weighted by Gasteiger charge is -2.07. The third-order valence-electron chi connectivity index (χ3n) is 2.64. The number of amides is 2. The fraction of sp³-hybridized carbons (Fsp3) is 0.0667. The molecular weight excluding hydrogens is 276 g/mol. The second kappa shape index (κ2) is 6.21. The lowest BCUT2D eigenvalue weighted by Crippen LogP contribution is -2.29. The summed E-state index contributed by atoms with van der Waals surface area (Å²) >= 11 is 5.90. The molecule has 0 saturated carbocycles. The van der Waals surface area contributed by atoms with Crippen molar-refractivity contribution < 1.29 is 9.59 Å². The van der Waals surface area contributed by atoms with E-state index in [4.69, 9.17) is 11.6 Å². The van der Waals surface area contributed by atoms with E-state index in [2.05, 4.69) is 10.6 Å². The van der Waals surface area contributed by atoms with Gasteiger partial charge in [-0.2, -0.15) is 0 Å². The molecule has 4 nitrogen and oxygen atoms in total. The van der Waals surface area contributed by atoms with Gasteiger partial charge in [0, 0.05) is 5.69 Å². The summed E-state index contributed by atoms with van der Waals surface area (Å²) in [5.74, 6) is -1.51. The van der Waals surface area contributed by atoms with Crippen molar-refractivity contribution in [2.24, 2.45) is 0 Å². The van der Waals surface area contributed by atoms with Crippen LogP contribution in [0.3, 0.4) is 0 Å². The third kappa shape index (κ3) is 3.59. The van der Waals surface area contributed by atoms with Crippen LogP contribution in [-0.2, 0) is 9.59 Å². The summed E-state index contributed by atoms with van der Waals surface area (Å²) in [6, 6.07) is 13.9. The minimum Gasteiger partial charge on any atom is -0.318 e. The van der Waals surface area contributed by atoms with Gasteiger partial charge in [0.1, 0.15) is 0 Å². The molecule has 0 bridgehead atoms. The van der Waals surface area contributed by atoms with Gasteiger partial charge >= 0.3 is 11.8 Å². The molecule has 0 saturated heterocycles. The van der Waals surface area contributed by atoms with Gasteiger partial charge in [-0.3, -0.25) is 9.59 Å². The van der Waals surface area contributed by atoms with Crippen LogP contribution < -0.4 is 10.6 Å². The van der Waals surface area contributed by atoms with Crippen molar-refractivity contribution >= 4 is 34.8 Å². The first-order valence-electron chi connectivity index (χ1n) is 6.00. The molecule has 0 fully saturated rings. The summed E-state index contributed by atoms with van der Waals surface area (Å²) < 4.78 is 0. The minimum absolute atomic E-state index is 0.379. The largest absolute Gasteiger partial charge is 0.318 e. The number of rotatable bonds is 2. The van der Waals surface area contributed by atoms with E-state index < -0.39 is 11.8 Å². The van der Waals surface area contributed by atoms with Crippen molar-refractivity contribution in [2.45, 2.75) is 6.92 Å². The summed E-state index contributed by atoms with van der Waals surface area (Å²) in [7, 11) is 0. The number of anilines is 2. The summed E-state index contributed by atoms with van der Waals surface area (Å²) in [6.07, 6.45) is 0. The molecule has 2 amide bonds. The zero-order valence-electron chi connectivity index (χ0n) is 10.8. The molecule has 0 aliphatic heterocycles. The molecule has 0 aliphatic rings. The van der Waals surface area contributed by atoms with Crippen LogP contribution in [0, 0.1) is 6.92 Å². The number of hydrogen-bond acceptors (Lipinski definition) is 2. The predicted molar refractivity (Wildman–Crippen MR) is 79.9 cm³/mol. The average molecular weight is 289 g/mol. The zero-order valence-corrected chi connectivity index (χ0v) is 11.6. The first kappa shape index (κ1) is 14.1. The highest BCUT2D eigenvalue weighted by Crippen LogP contribution is 2.20. The first-order valence-corrected chi connectivity index (χ1v) is 6.37. The van der Waals surface area contributed by atoms with Crippen LogP contribution in [0.5, 0.6) is 0 Å². The number of carbonyl (C=O) groups is 2. The Balaban J connectivity index is 2.01. The van der Waals surface area contributed by atoms with Crippen molar-refractivity contribution in [3.63, 3.8) is 0 Å². The van der Waals surface area contributed by atoms with Crippen LogP contribution in [0.4, 0.5) is 11.4 Å². The van der Waals surface area contributed by atoms with E-state index in [1.165, 1.54) is 0 Å². The number of halogens is 1. The van der Waals surface area contributed by atoms with Crippen LogP contribution >= 0.6 is 11.6 Å². The molecule has 0 atom stereocenters. The Labute approximate surface area is 121 Å². The number of para-hydroxylation sites is 1. The van der Waals surface area contributed by atoms with E-state index in [0.717, 1.165) is 5.56 Å². The predicted octanol–water partition coefficient (Wildman–Crippen LogP) is 3.23. The van der Waals surface area contributed by atoms with Crippen molar-refractivity contribution in [3.05, 3.63) is 59.1 Å². The van der Waals surface area contributed by atoms with E-state index in [0.29, 0.717) is 16.4 Å². The number of carbonyl (C=O) groups excluding carboxylic acids is 2. The van der Waals surface area contributed by atoms with Gasteiger partial charge in [-0.05, 0) is 31.2 Å². The van der Waals surface area contributed by atoms with Crippen molar-refractivity contribution in [2.75, 3.05) is 10.6 Å². The SMILES string of the molecule is Cc1ccc(NC(=O)C(=O)Nc2ccccc2Cl)cc1. The van der Waals surface area contributed by atoms with Gasteiger partial charge in [-0.1, -0.05) is 41.4 Å². The van der Waals surface area contributed by atoms with Crippen molar-refractivity contribution in [1.82, 2.24) is 0 Å². The van der Waals surface area contributed by atoms with E-state index in [9.17, 15) is 9.59 Å². The van der Waals surface area contributed by atoms with E-state index >= 15 is 0 Å². The Hall–Kier alpha value is -2.33. The van der Waals surface area contributed by atoms with E-state index in [1.54, 1.807) is 36.4 Å². The molecule has 0 heterocycles. The molecule has 102 valence electrons. The highest BCUT2D eigenvalue weighted by Gasteiger charge is 2.14. The number of benzene rings is 2. The number of aryl methyl sites for hydroxylation is 1. The van der Waals surface area contributed by atoms with Crippen molar-refractivity contribution in [3.8, 4) is 0 Å². The number of nitrogens with one attached hydrogen (secondary N) is 2. The summed E-state index contributed by atoms with van der Waals surface area (Å²) in [6.45, 7) is 1.94. The Bertz CT molecular complexity index is 639. The normalized spacial score (nSPS) is 9.90. The maximum absolute atomic E-state index is 11.8. The van der Waals surface area contributed by atoms with Gasteiger partial charge in [-0.25, -0.2) is 0 Å². The van der Waals surface area contributed by atoms with Gasteiger partial charge in [0.2, 0.25) is 0 Å².